The van der Waals surface area contributed by atoms with Crippen LogP contribution in [0.1, 0.15) is 170 Å². The summed E-state index contributed by atoms with van der Waals surface area (Å²) in [6, 6.07) is 41.9. The van der Waals surface area contributed by atoms with E-state index in [9.17, 15) is 0 Å². The Balaban J connectivity index is 0.998. The van der Waals surface area contributed by atoms with Gasteiger partial charge in [0.1, 0.15) is 0 Å². The summed E-state index contributed by atoms with van der Waals surface area (Å²) in [7, 11) is 0. The van der Waals surface area contributed by atoms with Crippen molar-refractivity contribution in [1.29, 1.82) is 0 Å². The molecule has 0 radical (unpaired) electrons. The average Bonchev–Trinajstić information content (AvgIpc) is 4.38. The van der Waals surface area contributed by atoms with Crippen LogP contribution in [0.15, 0.2) is 109 Å². The van der Waals surface area contributed by atoms with Gasteiger partial charge in [-0.15, -0.1) is 113 Å². The van der Waals surface area contributed by atoms with Gasteiger partial charge in [0.2, 0.25) is 0 Å². The van der Waals surface area contributed by atoms with Gasteiger partial charge in [-0.3, -0.25) is 0 Å². The second-order valence-corrected chi connectivity index (χ2v) is 31.3. The first-order valence-corrected chi connectivity index (χ1v) is 36.7. The predicted octanol–water partition coefficient (Wildman–Crippen LogP) is 25.3. The molecule has 0 unspecified atom stereocenters. The minimum absolute atomic E-state index is 1.08. The van der Waals surface area contributed by atoms with Crippen molar-refractivity contribution in [1.82, 2.24) is 0 Å². The van der Waals surface area contributed by atoms with Crippen LogP contribution in [0.3, 0.4) is 0 Å². The molecule has 10 aromatic rings. The molecule has 0 aromatic carbocycles. The number of aryl methyl sites for hydroxylation is 4. The summed E-state index contributed by atoms with van der Waals surface area (Å²) < 4.78 is 0. The topological polar surface area (TPSA) is 0 Å². The number of hydrogen-bond acceptors (Lipinski definition) is 10. The lowest BCUT2D eigenvalue weighted by Gasteiger charge is -2.01. The smallest absolute Gasteiger partial charge is 0.0786 e. The van der Waals surface area contributed by atoms with E-state index in [1.165, 1.54) is 217 Å². The van der Waals surface area contributed by atoms with Crippen LogP contribution in [-0.4, -0.2) is 0 Å². The minimum atomic E-state index is 1.08. The number of thiophene rings is 10. The Hall–Kier alpha value is -3.88. The molecule has 0 bridgehead atoms. The molecule has 0 aliphatic rings. The lowest BCUT2D eigenvalue weighted by molar-refractivity contribution is 0.670. The van der Waals surface area contributed by atoms with Crippen LogP contribution in [0.25, 0.3) is 69.0 Å². The second kappa shape index (κ2) is 29.2. The number of unbranched alkanes of at least 4 members (excludes halogenated alkanes) is 12. The average molecular weight is 1210 g/mol. The van der Waals surface area contributed by atoms with E-state index in [4.69, 9.17) is 0 Å². The van der Waals surface area contributed by atoms with Gasteiger partial charge in [0.05, 0.1) is 24.4 Å². The van der Waals surface area contributed by atoms with Crippen molar-refractivity contribution in [2.75, 3.05) is 0 Å². The Morgan fingerprint density at radius 1 is 0.256 bits per heavy atom. The molecule has 0 aliphatic heterocycles. The Kier molecular flexibility index (Phi) is 21.5. The lowest BCUT2D eigenvalue weighted by Crippen LogP contribution is -1.80. The Labute approximate surface area is 506 Å². The summed E-state index contributed by atoms with van der Waals surface area (Å²) in [5.74, 6) is 14.8. The zero-order valence-electron chi connectivity index (χ0n) is 45.6. The van der Waals surface area contributed by atoms with E-state index in [2.05, 4.69) is 161 Å². The van der Waals surface area contributed by atoms with E-state index >= 15 is 0 Å². The van der Waals surface area contributed by atoms with E-state index in [1.807, 2.05) is 113 Å². The Morgan fingerprint density at radius 3 is 1.05 bits per heavy atom. The molecular weight excluding hydrogens is 1140 g/mol. The van der Waals surface area contributed by atoms with Crippen LogP contribution in [-0.2, 0) is 25.7 Å². The normalized spacial score (nSPS) is 11.4. The maximum atomic E-state index is 3.80. The Morgan fingerprint density at radius 2 is 0.603 bits per heavy atom. The highest BCUT2D eigenvalue weighted by molar-refractivity contribution is 7.29. The molecule has 0 fully saturated rings. The zero-order valence-corrected chi connectivity index (χ0v) is 53.8. The number of rotatable bonds is 27. The molecule has 10 aromatic heterocycles. The molecule has 0 spiro atoms. The van der Waals surface area contributed by atoms with Crippen molar-refractivity contribution in [3.8, 4) is 92.6 Å². The summed E-state index contributed by atoms with van der Waals surface area (Å²) in [5, 5.41) is 0. The first-order chi connectivity index (χ1) is 38.4. The quantitative estimate of drug-likeness (QED) is 0.0356. The SMILES string of the molecule is CCCCCCc1ccc(-c2ccc(C#Cc3cc(-c4ccc(-c5ccc(CCCCCC)s5)s4)c(-c4sc(-c5ccc(-c6ccc(CCCCCC)s6)s5)cc4C#Cc4ccc(-c5ccc(CCCCCC)s5)s4)s3)s2)s1. The molecule has 0 nitrogen and oxygen atoms in total. The molecule has 0 aliphatic carbocycles. The van der Waals surface area contributed by atoms with Gasteiger partial charge < -0.3 is 0 Å². The van der Waals surface area contributed by atoms with Crippen LogP contribution in [0.4, 0.5) is 0 Å². The van der Waals surface area contributed by atoms with Crippen LogP contribution < -0.4 is 0 Å². The molecule has 402 valence electrons. The van der Waals surface area contributed by atoms with E-state index in [0.717, 1.165) is 20.2 Å². The molecular formula is C68H70S10. The summed E-state index contributed by atoms with van der Waals surface area (Å²) in [5.41, 5.74) is 2.34. The molecule has 10 heteroatoms. The monoisotopic (exact) mass is 1210 g/mol. The third-order valence-corrected chi connectivity index (χ3v) is 26.1. The van der Waals surface area contributed by atoms with E-state index in [0.29, 0.717) is 0 Å². The van der Waals surface area contributed by atoms with Gasteiger partial charge in [-0.2, -0.15) is 0 Å². The van der Waals surface area contributed by atoms with Crippen LogP contribution >= 0.6 is 113 Å². The van der Waals surface area contributed by atoms with Crippen molar-refractivity contribution in [2.45, 2.75) is 156 Å². The van der Waals surface area contributed by atoms with Gasteiger partial charge >= 0.3 is 0 Å². The number of hydrogen-bond donors (Lipinski definition) is 0. The molecule has 0 saturated heterocycles. The Bertz CT molecular complexity index is 3580. The van der Waals surface area contributed by atoms with Crippen LogP contribution in [0.5, 0.6) is 0 Å². The third kappa shape index (κ3) is 15.4. The predicted molar refractivity (Wildman–Crippen MR) is 359 cm³/mol. The summed E-state index contributed by atoms with van der Waals surface area (Å²) in [4.78, 5) is 26.3. The van der Waals surface area contributed by atoms with Gasteiger partial charge in [-0.05, 0) is 172 Å². The van der Waals surface area contributed by atoms with Crippen molar-refractivity contribution < 1.29 is 0 Å². The zero-order chi connectivity index (χ0) is 53.5. The first-order valence-electron chi connectivity index (χ1n) is 28.5. The first kappa shape index (κ1) is 57.4. The van der Waals surface area contributed by atoms with Gasteiger partial charge in [-0.25, -0.2) is 0 Å². The largest absolute Gasteiger partial charge is 0.139 e. The highest BCUT2D eigenvalue weighted by atomic mass is 32.1. The van der Waals surface area contributed by atoms with Gasteiger partial charge in [0, 0.05) is 84.3 Å². The molecule has 0 N–H and O–H groups in total. The van der Waals surface area contributed by atoms with Crippen molar-refractivity contribution >= 4 is 113 Å². The summed E-state index contributed by atoms with van der Waals surface area (Å²) >= 11 is 19.0. The molecule has 0 amide bonds. The highest BCUT2D eigenvalue weighted by Crippen LogP contribution is 2.50. The van der Waals surface area contributed by atoms with Gasteiger partial charge in [0.25, 0.3) is 0 Å². The maximum Gasteiger partial charge on any atom is 0.0786 e. The fourth-order valence-corrected chi connectivity index (χ4v) is 20.4. The maximum absolute atomic E-state index is 3.80. The molecule has 0 saturated carbocycles. The molecule has 10 heterocycles. The third-order valence-electron chi connectivity index (χ3n) is 14.0. The van der Waals surface area contributed by atoms with Crippen molar-refractivity contribution in [3.63, 3.8) is 0 Å². The van der Waals surface area contributed by atoms with E-state index in [1.54, 1.807) is 0 Å². The van der Waals surface area contributed by atoms with Crippen LogP contribution in [0, 0.1) is 23.7 Å². The summed E-state index contributed by atoms with van der Waals surface area (Å²) in [6.45, 7) is 9.16. The second-order valence-electron chi connectivity index (χ2n) is 20.2. The van der Waals surface area contributed by atoms with E-state index in [-0.39, 0.29) is 0 Å². The fourth-order valence-electron chi connectivity index (χ4n) is 9.61. The fraction of sp³-hybridized carbons (Fsp3) is 0.353. The molecule has 10 rings (SSSR count). The lowest BCUT2D eigenvalue weighted by atomic mass is 10.1. The van der Waals surface area contributed by atoms with Gasteiger partial charge in [-0.1, -0.05) is 117 Å². The van der Waals surface area contributed by atoms with E-state index < -0.39 is 0 Å². The highest BCUT2D eigenvalue weighted by Gasteiger charge is 2.22. The standard InChI is InChI=1S/C68H70S10/c1-5-9-13-17-21-48-29-35-57(69-48)59-39-33-52(73-59)26-25-47-45-66(65-44-43-64(77-65)62-38-32-51(72-62)24-20-16-12-8-4)78-67(47)68-55(56-41-42-63(76-56)61-37-31-50(71-61)23-19-15-11-7-3)46-54(75-68)28-27-53-34-40-60(74-53)58-36-30-49(70-58)22-18-14-10-6-2/h29-46H,5-24H2,1-4H3. The molecule has 78 heavy (non-hydrogen) atoms. The van der Waals surface area contributed by atoms with Gasteiger partial charge in [0.15, 0.2) is 0 Å². The van der Waals surface area contributed by atoms with Crippen molar-refractivity contribution in [2.24, 2.45) is 0 Å². The summed E-state index contributed by atoms with van der Waals surface area (Å²) in [6.07, 6.45) is 25.4. The minimum Gasteiger partial charge on any atom is -0.139 e. The van der Waals surface area contributed by atoms with Crippen molar-refractivity contribution in [3.05, 3.63) is 149 Å². The molecule has 0 atom stereocenters. The van der Waals surface area contributed by atoms with Crippen LogP contribution in [0.2, 0.25) is 0 Å².